The smallest absolute Gasteiger partial charge is 0.266 e. The molecular weight excluding hydrogens is 352 g/mol. The number of nitriles is 1. The molecule has 2 aromatic rings. The third kappa shape index (κ3) is 4.35. The van der Waals surface area contributed by atoms with E-state index >= 15 is 0 Å². The predicted molar refractivity (Wildman–Crippen MR) is 103 cm³/mol. The van der Waals surface area contributed by atoms with E-state index in [-0.39, 0.29) is 5.57 Å². The van der Waals surface area contributed by atoms with Gasteiger partial charge in [0.05, 0.1) is 19.2 Å². The van der Waals surface area contributed by atoms with Crippen molar-refractivity contribution in [1.29, 1.82) is 5.26 Å². The second-order valence-corrected chi connectivity index (χ2v) is 6.09. The highest BCUT2D eigenvalue weighted by molar-refractivity contribution is 6.32. The topological polar surface area (TPSA) is 71.3 Å². The van der Waals surface area contributed by atoms with Gasteiger partial charge in [-0.05, 0) is 54.8 Å². The number of amides is 1. The van der Waals surface area contributed by atoms with Crippen LogP contribution in [0, 0.1) is 25.2 Å². The number of hydrogen-bond donors (Lipinski definition) is 1. The van der Waals surface area contributed by atoms with E-state index in [4.69, 9.17) is 21.1 Å². The molecule has 0 fully saturated rings. The quantitative estimate of drug-likeness (QED) is 0.620. The molecule has 5 nitrogen and oxygen atoms in total. The standard InChI is InChI=1S/C20H19ClN2O3/c1-12-5-6-13(2)17(7-12)23-20(24)15(11-22)8-14-9-16(21)19(26-4)18(10-14)25-3/h5-10H,1-4H3,(H,23,24)/b15-8+. The van der Waals surface area contributed by atoms with E-state index in [1.807, 2.05) is 38.1 Å². The van der Waals surface area contributed by atoms with Crippen LogP contribution < -0.4 is 14.8 Å². The summed E-state index contributed by atoms with van der Waals surface area (Å²) in [5, 5.41) is 12.5. The monoisotopic (exact) mass is 370 g/mol. The van der Waals surface area contributed by atoms with Crippen molar-refractivity contribution in [2.24, 2.45) is 0 Å². The molecular formula is C20H19ClN2O3. The van der Waals surface area contributed by atoms with Crippen LogP contribution in [-0.2, 0) is 4.79 Å². The van der Waals surface area contributed by atoms with Crippen molar-refractivity contribution in [3.05, 3.63) is 57.6 Å². The highest BCUT2D eigenvalue weighted by Gasteiger charge is 2.14. The molecule has 2 rings (SSSR count). The number of benzene rings is 2. The summed E-state index contributed by atoms with van der Waals surface area (Å²) < 4.78 is 10.4. The van der Waals surface area contributed by atoms with E-state index < -0.39 is 5.91 Å². The van der Waals surface area contributed by atoms with Crippen LogP contribution >= 0.6 is 11.6 Å². The molecule has 0 unspecified atom stereocenters. The summed E-state index contributed by atoms with van der Waals surface area (Å²) in [7, 11) is 2.97. The summed E-state index contributed by atoms with van der Waals surface area (Å²) in [6.07, 6.45) is 1.45. The molecule has 0 bridgehead atoms. The summed E-state index contributed by atoms with van der Waals surface area (Å²) in [4.78, 5) is 12.5. The number of ether oxygens (including phenoxy) is 2. The van der Waals surface area contributed by atoms with Crippen molar-refractivity contribution < 1.29 is 14.3 Å². The van der Waals surface area contributed by atoms with Crippen LogP contribution in [0.5, 0.6) is 11.5 Å². The Morgan fingerprint density at radius 1 is 1.19 bits per heavy atom. The number of anilines is 1. The van der Waals surface area contributed by atoms with Crippen LogP contribution in [0.2, 0.25) is 5.02 Å². The van der Waals surface area contributed by atoms with Gasteiger partial charge in [-0.2, -0.15) is 5.26 Å². The minimum Gasteiger partial charge on any atom is -0.493 e. The number of rotatable bonds is 5. The molecule has 0 aliphatic rings. The number of carbonyl (C=O) groups is 1. The fourth-order valence-electron chi connectivity index (χ4n) is 2.40. The molecule has 134 valence electrons. The first-order valence-corrected chi connectivity index (χ1v) is 8.19. The number of halogens is 1. The summed E-state index contributed by atoms with van der Waals surface area (Å²) in [5.74, 6) is 0.315. The molecule has 0 aromatic heterocycles. The minimum atomic E-state index is -0.493. The molecule has 0 saturated carbocycles. The molecule has 26 heavy (non-hydrogen) atoms. The zero-order chi connectivity index (χ0) is 19.3. The Kier molecular flexibility index (Phi) is 6.26. The normalized spacial score (nSPS) is 10.8. The first-order valence-electron chi connectivity index (χ1n) is 7.81. The van der Waals surface area contributed by atoms with E-state index in [1.165, 1.54) is 20.3 Å². The summed E-state index contributed by atoms with van der Waals surface area (Å²) in [6, 6.07) is 10.9. The van der Waals surface area contributed by atoms with Crippen molar-refractivity contribution in [3.63, 3.8) is 0 Å². The van der Waals surface area contributed by atoms with E-state index in [1.54, 1.807) is 12.1 Å². The Balaban J connectivity index is 2.36. The average molecular weight is 371 g/mol. The van der Waals surface area contributed by atoms with Crippen LogP contribution in [0.4, 0.5) is 5.69 Å². The van der Waals surface area contributed by atoms with Crippen LogP contribution in [0.15, 0.2) is 35.9 Å². The second-order valence-electron chi connectivity index (χ2n) is 5.68. The van der Waals surface area contributed by atoms with Crippen LogP contribution in [0.3, 0.4) is 0 Å². The zero-order valence-corrected chi connectivity index (χ0v) is 15.8. The molecule has 6 heteroatoms. The van der Waals surface area contributed by atoms with Gasteiger partial charge in [0.15, 0.2) is 11.5 Å². The molecule has 0 radical (unpaired) electrons. The second kappa shape index (κ2) is 8.41. The van der Waals surface area contributed by atoms with E-state index in [2.05, 4.69) is 5.32 Å². The molecule has 1 N–H and O–H groups in total. The molecule has 0 saturated heterocycles. The Labute approximate surface area is 157 Å². The Hall–Kier alpha value is -2.97. The molecule has 0 aliphatic heterocycles. The Morgan fingerprint density at radius 3 is 2.54 bits per heavy atom. The van der Waals surface area contributed by atoms with Gasteiger partial charge in [-0.15, -0.1) is 0 Å². The molecule has 0 aliphatic carbocycles. The first-order chi connectivity index (χ1) is 12.4. The maximum absolute atomic E-state index is 12.5. The van der Waals surface area contributed by atoms with E-state index in [9.17, 15) is 10.1 Å². The average Bonchev–Trinajstić information content (AvgIpc) is 2.62. The minimum absolute atomic E-state index is 0.0470. The maximum Gasteiger partial charge on any atom is 0.266 e. The van der Waals surface area contributed by atoms with Gasteiger partial charge in [-0.25, -0.2) is 0 Å². The lowest BCUT2D eigenvalue weighted by Crippen LogP contribution is -2.14. The highest BCUT2D eigenvalue weighted by Crippen LogP contribution is 2.36. The summed E-state index contributed by atoms with van der Waals surface area (Å²) in [5.41, 5.74) is 3.10. The third-order valence-corrected chi connectivity index (χ3v) is 4.05. The zero-order valence-electron chi connectivity index (χ0n) is 15.0. The van der Waals surface area contributed by atoms with Gasteiger partial charge in [0, 0.05) is 5.69 Å². The lowest BCUT2D eigenvalue weighted by atomic mass is 10.1. The first kappa shape index (κ1) is 19.4. The number of methoxy groups -OCH3 is 2. The van der Waals surface area contributed by atoms with Gasteiger partial charge in [-0.1, -0.05) is 23.7 Å². The van der Waals surface area contributed by atoms with Gasteiger partial charge in [-0.3, -0.25) is 4.79 Å². The molecule has 2 aromatic carbocycles. The van der Waals surface area contributed by atoms with E-state index in [0.717, 1.165) is 11.1 Å². The van der Waals surface area contributed by atoms with Crippen LogP contribution in [-0.4, -0.2) is 20.1 Å². The van der Waals surface area contributed by atoms with Gasteiger partial charge < -0.3 is 14.8 Å². The molecule has 0 spiro atoms. The lowest BCUT2D eigenvalue weighted by molar-refractivity contribution is -0.112. The number of aryl methyl sites for hydroxylation is 2. The largest absolute Gasteiger partial charge is 0.493 e. The van der Waals surface area contributed by atoms with Gasteiger partial charge in [0.1, 0.15) is 11.6 Å². The van der Waals surface area contributed by atoms with Crippen molar-refractivity contribution in [1.82, 2.24) is 0 Å². The van der Waals surface area contributed by atoms with Crippen molar-refractivity contribution in [2.45, 2.75) is 13.8 Å². The Bertz CT molecular complexity index is 914. The van der Waals surface area contributed by atoms with Crippen molar-refractivity contribution >= 4 is 29.3 Å². The van der Waals surface area contributed by atoms with Crippen molar-refractivity contribution in [2.75, 3.05) is 19.5 Å². The predicted octanol–water partition coefficient (Wildman–Crippen LogP) is 4.52. The van der Waals surface area contributed by atoms with Gasteiger partial charge >= 0.3 is 0 Å². The fraction of sp³-hybridized carbons (Fsp3) is 0.200. The highest BCUT2D eigenvalue weighted by atomic mass is 35.5. The fourth-order valence-corrected chi connectivity index (χ4v) is 2.69. The van der Waals surface area contributed by atoms with Crippen LogP contribution in [0.25, 0.3) is 6.08 Å². The SMILES string of the molecule is COc1cc(/C=C(\C#N)C(=O)Nc2cc(C)ccc2C)cc(Cl)c1OC. The number of hydrogen-bond acceptors (Lipinski definition) is 4. The Morgan fingerprint density at radius 2 is 1.92 bits per heavy atom. The van der Waals surface area contributed by atoms with Gasteiger partial charge in [0.2, 0.25) is 0 Å². The molecule has 0 atom stereocenters. The van der Waals surface area contributed by atoms with Crippen LogP contribution in [0.1, 0.15) is 16.7 Å². The van der Waals surface area contributed by atoms with E-state index in [0.29, 0.717) is 27.8 Å². The number of nitrogens with zero attached hydrogens (tertiary/aromatic N) is 1. The number of nitrogens with one attached hydrogen (secondary N) is 1. The summed E-state index contributed by atoms with van der Waals surface area (Å²) in [6.45, 7) is 3.82. The molecule has 0 heterocycles. The third-order valence-electron chi connectivity index (χ3n) is 3.77. The summed E-state index contributed by atoms with van der Waals surface area (Å²) >= 11 is 6.17. The maximum atomic E-state index is 12.5. The molecule has 1 amide bonds. The van der Waals surface area contributed by atoms with Gasteiger partial charge in [0.25, 0.3) is 5.91 Å². The number of carbonyl (C=O) groups excluding carboxylic acids is 1. The lowest BCUT2D eigenvalue weighted by Gasteiger charge is -2.11. The van der Waals surface area contributed by atoms with Crippen molar-refractivity contribution in [3.8, 4) is 17.6 Å².